The van der Waals surface area contributed by atoms with Crippen LogP contribution < -0.4 is 5.30 Å². The fourth-order valence-electron chi connectivity index (χ4n) is 0.743. The lowest BCUT2D eigenvalue weighted by Gasteiger charge is -2.03. The zero-order valence-electron chi connectivity index (χ0n) is 6.28. The van der Waals surface area contributed by atoms with Crippen LogP contribution in [0.25, 0.3) is 0 Å². The Balaban J connectivity index is 3.46. The summed E-state index contributed by atoms with van der Waals surface area (Å²) in [4.78, 5) is 3.51. The first-order chi connectivity index (χ1) is 5.04. The summed E-state index contributed by atoms with van der Waals surface area (Å²) in [6.07, 6.45) is 0. The van der Waals surface area contributed by atoms with E-state index in [4.69, 9.17) is 0 Å². The minimum atomic E-state index is -0.730. The van der Waals surface area contributed by atoms with Crippen molar-refractivity contribution in [3.63, 3.8) is 0 Å². The van der Waals surface area contributed by atoms with Crippen molar-refractivity contribution in [3.05, 3.63) is 23.0 Å². The van der Waals surface area contributed by atoms with Gasteiger partial charge in [-0.25, -0.2) is 9.37 Å². The summed E-state index contributed by atoms with van der Waals surface area (Å²) in [5.74, 6) is -1.26. The van der Waals surface area contributed by atoms with Gasteiger partial charge in [-0.15, -0.1) is 9.24 Å². The van der Waals surface area contributed by atoms with E-state index in [0.717, 1.165) is 0 Å². The summed E-state index contributed by atoms with van der Waals surface area (Å²) in [6.45, 7) is 2.93. The first-order valence-electron chi connectivity index (χ1n) is 3.11. The molecule has 1 rings (SSSR count). The second-order valence-electron chi connectivity index (χ2n) is 2.34. The number of hydrogen-bond acceptors (Lipinski definition) is 1. The molecule has 60 valence electrons. The smallest absolute Gasteiger partial charge is 0.218 e. The minimum absolute atomic E-state index is 0.0272. The van der Waals surface area contributed by atoms with Crippen LogP contribution in [0.15, 0.2) is 0 Å². The Morgan fingerprint density at radius 1 is 1.27 bits per heavy atom. The lowest BCUT2D eigenvalue weighted by molar-refractivity contribution is 0.538. The van der Waals surface area contributed by atoms with Gasteiger partial charge in [-0.3, -0.25) is 0 Å². The average Bonchev–Trinajstić information content (AvgIpc) is 1.97. The highest BCUT2D eigenvalue weighted by atomic mass is 31.0. The molecular weight excluding hydrogens is 167 g/mol. The molecule has 0 aromatic carbocycles. The van der Waals surface area contributed by atoms with Crippen LogP contribution in [0, 0.1) is 25.6 Å². The quantitative estimate of drug-likeness (QED) is 0.430. The summed E-state index contributed by atoms with van der Waals surface area (Å²) in [5.41, 5.74) is 0.344. The first-order valence-corrected chi connectivity index (χ1v) is 3.69. The van der Waals surface area contributed by atoms with E-state index in [0.29, 0.717) is 11.0 Å². The first kappa shape index (κ1) is 8.54. The van der Waals surface area contributed by atoms with Crippen LogP contribution in [0.5, 0.6) is 0 Å². The van der Waals surface area contributed by atoms with Gasteiger partial charge in [0.15, 0.2) is 0 Å². The number of rotatable bonds is 0. The Kier molecular flexibility index (Phi) is 2.19. The highest BCUT2D eigenvalue weighted by Gasteiger charge is 2.10. The van der Waals surface area contributed by atoms with Gasteiger partial charge >= 0.3 is 0 Å². The Bertz CT molecular complexity index is 273. The minimum Gasteiger partial charge on any atom is -0.224 e. The van der Waals surface area contributed by atoms with E-state index >= 15 is 0 Å². The summed E-state index contributed by atoms with van der Waals surface area (Å²) in [7, 11) is 2.20. The molecule has 0 aliphatic heterocycles. The molecule has 0 spiro atoms. The number of nitrogens with zero attached hydrogens (tertiary/aromatic N) is 1. The normalized spacial score (nSPS) is 10.3. The van der Waals surface area contributed by atoms with E-state index in [-0.39, 0.29) is 5.56 Å². The predicted molar refractivity (Wildman–Crippen MR) is 43.0 cm³/mol. The molecule has 0 saturated heterocycles. The molecule has 1 heterocycles. The molecule has 1 unspecified atom stereocenters. The molecule has 0 saturated carbocycles. The number of aromatic nitrogens is 1. The van der Waals surface area contributed by atoms with Gasteiger partial charge in [0.05, 0.1) is 5.69 Å². The fourth-order valence-corrected chi connectivity index (χ4v) is 1.02. The van der Waals surface area contributed by atoms with Crippen molar-refractivity contribution in [1.29, 1.82) is 0 Å². The van der Waals surface area contributed by atoms with Crippen LogP contribution in [0.1, 0.15) is 11.3 Å². The third-order valence-electron chi connectivity index (χ3n) is 1.53. The molecule has 0 fully saturated rings. The van der Waals surface area contributed by atoms with Gasteiger partial charge in [0.1, 0.15) is 5.82 Å². The van der Waals surface area contributed by atoms with E-state index in [1.54, 1.807) is 6.92 Å². The van der Waals surface area contributed by atoms with E-state index in [9.17, 15) is 8.78 Å². The van der Waals surface area contributed by atoms with E-state index in [1.807, 2.05) is 0 Å². The van der Waals surface area contributed by atoms with Crippen molar-refractivity contribution >= 4 is 14.5 Å². The van der Waals surface area contributed by atoms with Crippen molar-refractivity contribution < 1.29 is 8.78 Å². The molecule has 0 amide bonds. The van der Waals surface area contributed by atoms with Crippen molar-refractivity contribution in [2.75, 3.05) is 0 Å². The third kappa shape index (κ3) is 1.38. The monoisotopic (exact) mass is 175 g/mol. The number of aryl methyl sites for hydroxylation is 1. The van der Waals surface area contributed by atoms with Crippen molar-refractivity contribution in [1.82, 2.24) is 4.98 Å². The maximum atomic E-state index is 13.0. The molecule has 1 atom stereocenters. The van der Waals surface area contributed by atoms with Crippen LogP contribution in [-0.2, 0) is 0 Å². The lowest BCUT2D eigenvalue weighted by atomic mass is 10.2. The molecule has 4 heteroatoms. The van der Waals surface area contributed by atoms with Crippen LogP contribution in [0.3, 0.4) is 0 Å². The van der Waals surface area contributed by atoms with E-state index in [1.165, 1.54) is 6.92 Å². The van der Waals surface area contributed by atoms with Gasteiger partial charge in [-0.1, -0.05) is 0 Å². The maximum Gasteiger partial charge on any atom is 0.218 e. The Labute approximate surface area is 66.0 Å². The maximum absolute atomic E-state index is 13.0. The molecule has 11 heavy (non-hydrogen) atoms. The molecule has 0 aliphatic carbocycles. The van der Waals surface area contributed by atoms with Gasteiger partial charge in [0, 0.05) is 10.9 Å². The van der Waals surface area contributed by atoms with Crippen LogP contribution in [0.4, 0.5) is 8.78 Å². The van der Waals surface area contributed by atoms with Crippen LogP contribution >= 0.6 is 9.24 Å². The molecule has 1 nitrogen and oxygen atoms in total. The average molecular weight is 175 g/mol. The summed E-state index contributed by atoms with van der Waals surface area (Å²) in [5, 5.41) is 0.337. The molecule has 0 aliphatic rings. The van der Waals surface area contributed by atoms with E-state index < -0.39 is 11.8 Å². The highest BCUT2D eigenvalue weighted by Crippen LogP contribution is 2.10. The summed E-state index contributed by atoms with van der Waals surface area (Å²) >= 11 is 0. The predicted octanol–water partition coefficient (Wildman–Crippen LogP) is 1.48. The number of halogens is 2. The van der Waals surface area contributed by atoms with Gasteiger partial charge in [-0.2, -0.15) is 4.39 Å². The molecule has 0 radical (unpaired) electrons. The standard InChI is InChI=1S/C7H8F2NP/c1-3-5(8)6(11)4(2)10-7(3)9/h11H2,1-2H3. The van der Waals surface area contributed by atoms with Crippen molar-refractivity contribution in [2.45, 2.75) is 13.8 Å². The molecular formula is C7H8F2NP. The Hall–Kier alpha value is -0.560. The highest BCUT2D eigenvalue weighted by molar-refractivity contribution is 7.27. The lowest BCUT2D eigenvalue weighted by Crippen LogP contribution is -2.11. The topological polar surface area (TPSA) is 12.9 Å². The fraction of sp³-hybridized carbons (Fsp3) is 0.286. The SMILES string of the molecule is Cc1nc(F)c(C)c(F)c1P. The zero-order valence-corrected chi connectivity index (χ0v) is 7.44. The number of pyridine rings is 1. The number of hydrogen-bond donors (Lipinski definition) is 0. The van der Waals surface area contributed by atoms with Crippen LogP contribution in [0.2, 0.25) is 0 Å². The third-order valence-corrected chi connectivity index (χ3v) is 2.20. The zero-order chi connectivity index (χ0) is 8.59. The molecule has 1 aromatic heterocycles. The summed E-state index contributed by atoms with van der Waals surface area (Å²) < 4.78 is 25.6. The van der Waals surface area contributed by atoms with Gasteiger partial charge < -0.3 is 0 Å². The molecule has 0 N–H and O–H groups in total. The van der Waals surface area contributed by atoms with Crippen molar-refractivity contribution in [3.8, 4) is 0 Å². The van der Waals surface area contributed by atoms with Gasteiger partial charge in [0.2, 0.25) is 5.95 Å². The Morgan fingerprint density at radius 3 is 2.36 bits per heavy atom. The molecule has 1 aromatic rings. The molecule has 0 bridgehead atoms. The van der Waals surface area contributed by atoms with E-state index in [2.05, 4.69) is 14.2 Å². The van der Waals surface area contributed by atoms with Crippen molar-refractivity contribution in [2.24, 2.45) is 0 Å². The summed E-state index contributed by atoms with van der Waals surface area (Å²) in [6, 6.07) is 0. The van der Waals surface area contributed by atoms with Crippen LogP contribution in [-0.4, -0.2) is 4.98 Å². The van der Waals surface area contributed by atoms with Gasteiger partial charge in [0.25, 0.3) is 0 Å². The van der Waals surface area contributed by atoms with Gasteiger partial charge in [-0.05, 0) is 13.8 Å². The Morgan fingerprint density at radius 2 is 1.82 bits per heavy atom. The second kappa shape index (κ2) is 2.82. The largest absolute Gasteiger partial charge is 0.224 e. The second-order valence-corrected chi connectivity index (χ2v) is 2.92.